The Morgan fingerprint density at radius 1 is 1.20 bits per heavy atom. The van der Waals surface area contributed by atoms with E-state index in [2.05, 4.69) is 39.1 Å². The van der Waals surface area contributed by atoms with E-state index in [4.69, 9.17) is 0 Å². The van der Waals surface area contributed by atoms with E-state index in [1.807, 2.05) is 29.1 Å². The molecule has 0 unspecified atom stereocenters. The summed E-state index contributed by atoms with van der Waals surface area (Å²) in [5.41, 5.74) is 2.42. The molecule has 1 aromatic carbocycles. The van der Waals surface area contributed by atoms with Gasteiger partial charge in [0.2, 0.25) is 0 Å². The fourth-order valence-electron chi connectivity index (χ4n) is 2.19. The van der Waals surface area contributed by atoms with Crippen LogP contribution in [0.3, 0.4) is 0 Å². The number of hydrogen-bond donors (Lipinski definition) is 2. The Bertz CT molecular complexity index is 573. The van der Waals surface area contributed by atoms with Crippen LogP contribution in [0.2, 0.25) is 0 Å². The zero-order chi connectivity index (χ0) is 13.6. The lowest BCUT2D eigenvalue weighted by atomic mass is 10.2. The monoisotopic (exact) mass is 269 g/mol. The molecule has 0 saturated carbocycles. The second-order valence-electron chi connectivity index (χ2n) is 4.90. The molecule has 0 bridgehead atoms. The Kier molecular flexibility index (Phi) is 3.96. The van der Waals surface area contributed by atoms with Crippen molar-refractivity contribution in [2.75, 3.05) is 13.1 Å². The van der Waals surface area contributed by atoms with Crippen LogP contribution in [0, 0.1) is 0 Å². The molecule has 0 atom stereocenters. The first-order chi connectivity index (χ1) is 9.90. The fourth-order valence-corrected chi connectivity index (χ4v) is 2.19. The summed E-state index contributed by atoms with van der Waals surface area (Å²) in [7, 11) is 0. The number of aliphatic imine (C=N–C) groups is 1. The highest BCUT2D eigenvalue weighted by atomic mass is 15.3. The summed E-state index contributed by atoms with van der Waals surface area (Å²) < 4.78 is 1.96. The summed E-state index contributed by atoms with van der Waals surface area (Å²) in [6.07, 6.45) is 5.09. The molecule has 2 heterocycles. The highest BCUT2D eigenvalue weighted by Crippen LogP contribution is 2.04. The van der Waals surface area contributed by atoms with E-state index in [9.17, 15) is 0 Å². The Morgan fingerprint density at radius 3 is 2.90 bits per heavy atom. The van der Waals surface area contributed by atoms with Crippen LogP contribution in [0.1, 0.15) is 17.5 Å². The van der Waals surface area contributed by atoms with Gasteiger partial charge >= 0.3 is 0 Å². The van der Waals surface area contributed by atoms with E-state index >= 15 is 0 Å². The maximum atomic E-state index is 4.39. The summed E-state index contributed by atoms with van der Waals surface area (Å²) >= 11 is 0. The maximum absolute atomic E-state index is 4.39. The molecule has 0 radical (unpaired) electrons. The number of hydrogen-bond acceptors (Lipinski definition) is 4. The van der Waals surface area contributed by atoms with Crippen LogP contribution >= 0.6 is 0 Å². The van der Waals surface area contributed by atoms with Gasteiger partial charge in [0.05, 0.1) is 12.7 Å². The minimum Gasteiger partial charge on any atom is -0.356 e. The van der Waals surface area contributed by atoms with Crippen LogP contribution in [-0.2, 0) is 13.1 Å². The first kappa shape index (κ1) is 12.7. The van der Waals surface area contributed by atoms with Gasteiger partial charge in [0, 0.05) is 31.4 Å². The summed E-state index contributed by atoms with van der Waals surface area (Å²) in [6, 6.07) is 10.3. The smallest absolute Gasteiger partial charge is 0.191 e. The van der Waals surface area contributed by atoms with Crippen LogP contribution < -0.4 is 10.6 Å². The quantitative estimate of drug-likeness (QED) is 0.881. The zero-order valence-corrected chi connectivity index (χ0v) is 11.4. The second kappa shape index (κ2) is 6.23. The second-order valence-corrected chi connectivity index (χ2v) is 4.90. The number of aromatic nitrogens is 2. The summed E-state index contributed by atoms with van der Waals surface area (Å²) in [6.45, 7) is 3.46. The molecule has 0 amide bonds. The molecule has 2 N–H and O–H groups in total. The minimum atomic E-state index is 0.751. The predicted octanol–water partition coefficient (Wildman–Crippen LogP) is 1.37. The van der Waals surface area contributed by atoms with Gasteiger partial charge in [-0.05, 0) is 12.0 Å². The van der Waals surface area contributed by atoms with Crippen molar-refractivity contribution >= 4 is 5.96 Å². The van der Waals surface area contributed by atoms with Crippen molar-refractivity contribution in [2.24, 2.45) is 4.99 Å². The molecule has 104 valence electrons. The third kappa shape index (κ3) is 3.38. The topological polar surface area (TPSA) is 54.2 Å². The van der Waals surface area contributed by atoms with E-state index in [1.54, 1.807) is 0 Å². The van der Waals surface area contributed by atoms with Gasteiger partial charge in [-0.2, -0.15) is 5.10 Å². The Hall–Kier alpha value is -2.30. The van der Waals surface area contributed by atoms with Crippen molar-refractivity contribution in [3.8, 4) is 0 Å². The Morgan fingerprint density at radius 2 is 2.10 bits per heavy atom. The lowest BCUT2D eigenvalue weighted by Crippen LogP contribution is -2.40. The highest BCUT2D eigenvalue weighted by molar-refractivity contribution is 5.80. The normalized spacial score (nSPS) is 14.5. The molecule has 0 fully saturated rings. The third-order valence-electron chi connectivity index (χ3n) is 3.23. The molecule has 5 heteroatoms. The number of benzene rings is 1. The van der Waals surface area contributed by atoms with Crippen LogP contribution in [0.15, 0.2) is 47.7 Å². The lowest BCUT2D eigenvalue weighted by Gasteiger charge is -2.15. The molecule has 2 aromatic rings. The number of nitrogens with zero attached hydrogens (tertiary/aromatic N) is 3. The van der Waals surface area contributed by atoms with Crippen molar-refractivity contribution in [3.63, 3.8) is 0 Å². The van der Waals surface area contributed by atoms with Gasteiger partial charge in [-0.25, -0.2) is 0 Å². The number of rotatable bonds is 4. The van der Waals surface area contributed by atoms with E-state index < -0.39 is 0 Å². The van der Waals surface area contributed by atoms with Crippen molar-refractivity contribution < 1.29 is 0 Å². The molecule has 0 aliphatic carbocycles. The van der Waals surface area contributed by atoms with Gasteiger partial charge in [-0.1, -0.05) is 30.3 Å². The van der Waals surface area contributed by atoms with Gasteiger partial charge in [0.15, 0.2) is 5.96 Å². The summed E-state index contributed by atoms with van der Waals surface area (Å²) in [4.78, 5) is 4.39. The van der Waals surface area contributed by atoms with E-state index in [0.29, 0.717) is 0 Å². The van der Waals surface area contributed by atoms with Crippen LogP contribution in [0.4, 0.5) is 0 Å². The highest BCUT2D eigenvalue weighted by Gasteiger charge is 2.04. The molecular weight excluding hydrogens is 250 g/mol. The van der Waals surface area contributed by atoms with Crippen molar-refractivity contribution in [1.29, 1.82) is 0 Å². The van der Waals surface area contributed by atoms with Crippen LogP contribution in [0.25, 0.3) is 0 Å². The van der Waals surface area contributed by atoms with E-state index in [1.165, 1.54) is 5.56 Å². The van der Waals surface area contributed by atoms with E-state index in [0.717, 1.165) is 44.1 Å². The lowest BCUT2D eigenvalue weighted by molar-refractivity contribution is 0.684. The molecule has 0 spiro atoms. The third-order valence-corrected chi connectivity index (χ3v) is 3.23. The minimum absolute atomic E-state index is 0.751. The summed E-state index contributed by atoms with van der Waals surface area (Å²) in [5.74, 6) is 0.895. The fraction of sp³-hybridized carbons (Fsp3) is 0.333. The first-order valence-corrected chi connectivity index (χ1v) is 6.97. The Balaban J connectivity index is 1.55. The molecule has 3 rings (SSSR count). The number of guanidine groups is 1. The zero-order valence-electron chi connectivity index (χ0n) is 11.4. The molecule has 20 heavy (non-hydrogen) atoms. The van der Waals surface area contributed by atoms with Crippen LogP contribution in [0.5, 0.6) is 0 Å². The largest absolute Gasteiger partial charge is 0.356 e. The van der Waals surface area contributed by atoms with Gasteiger partial charge < -0.3 is 10.6 Å². The number of nitrogens with one attached hydrogen (secondary N) is 2. The molecule has 0 saturated heterocycles. The molecule has 5 nitrogen and oxygen atoms in total. The van der Waals surface area contributed by atoms with Gasteiger partial charge in [-0.3, -0.25) is 9.67 Å². The van der Waals surface area contributed by atoms with Crippen LogP contribution in [-0.4, -0.2) is 28.8 Å². The molecule has 1 aliphatic rings. The maximum Gasteiger partial charge on any atom is 0.191 e. The molecule has 1 aliphatic heterocycles. The SMILES string of the molecule is c1ccc(Cn2cc(CNC3=NCCCN3)cn2)cc1. The Labute approximate surface area is 118 Å². The average Bonchev–Trinajstić information content (AvgIpc) is 2.95. The van der Waals surface area contributed by atoms with Crippen molar-refractivity contribution in [2.45, 2.75) is 19.5 Å². The van der Waals surface area contributed by atoms with Gasteiger partial charge in [0.25, 0.3) is 0 Å². The van der Waals surface area contributed by atoms with Crippen molar-refractivity contribution in [3.05, 3.63) is 53.9 Å². The standard InChI is InChI=1S/C15H19N5/c1-2-5-13(6-3-1)11-20-12-14(10-19-20)9-18-15-16-7-4-8-17-15/h1-3,5-6,10,12H,4,7-9,11H2,(H2,16,17,18). The average molecular weight is 269 g/mol. The predicted molar refractivity (Wildman–Crippen MR) is 79.5 cm³/mol. The van der Waals surface area contributed by atoms with E-state index in [-0.39, 0.29) is 0 Å². The molecule has 1 aromatic heterocycles. The van der Waals surface area contributed by atoms with Gasteiger partial charge in [0.1, 0.15) is 0 Å². The summed E-state index contributed by atoms with van der Waals surface area (Å²) in [5, 5.41) is 10.9. The van der Waals surface area contributed by atoms with Gasteiger partial charge in [-0.15, -0.1) is 0 Å². The van der Waals surface area contributed by atoms with Crippen molar-refractivity contribution in [1.82, 2.24) is 20.4 Å². The molecular formula is C15H19N5. The first-order valence-electron chi connectivity index (χ1n) is 6.97.